The third-order valence-electron chi connectivity index (χ3n) is 9.11. The van der Waals surface area contributed by atoms with E-state index in [1.807, 2.05) is 12.1 Å². The number of carboxylic acids is 1. The fourth-order valence-corrected chi connectivity index (χ4v) is 7.60. The minimum Gasteiger partial charge on any atom is -1.00 e. The Bertz CT molecular complexity index is 1640. The van der Waals surface area contributed by atoms with Crippen LogP contribution in [0.5, 0.6) is 11.5 Å². The number of rotatable bonds is 2. The van der Waals surface area contributed by atoms with Crippen molar-refractivity contribution < 1.29 is 27.0 Å². The second-order valence-corrected chi connectivity index (χ2v) is 11.2. The topological polar surface area (TPSA) is 52.8 Å². The first-order chi connectivity index (χ1) is 18.2. The lowest BCUT2D eigenvalue weighted by atomic mass is 9.82. The van der Waals surface area contributed by atoms with Gasteiger partial charge in [0.05, 0.1) is 11.1 Å². The first kappa shape index (κ1) is 23.8. The zero-order valence-corrected chi connectivity index (χ0v) is 22.2. The molecule has 5 aliphatic heterocycles. The van der Waals surface area contributed by atoms with Gasteiger partial charge in [-0.15, -0.1) is 0 Å². The Hall–Kier alpha value is -3.31. The number of ether oxygens (including phenoxy) is 1. The van der Waals surface area contributed by atoms with Gasteiger partial charge in [-0.3, -0.25) is 0 Å². The standard InChI is InChI=1S/C32H30N2O3.ClH/c35-32(36)20-11-9-19(10-12-20)27-25-17-21-5-1-13-33-15-3-7-23(28(21)33)30(25)37-31-24-8-4-16-34-14-2-6-22(29(24)34)18-26(27)31;/h9-12,17-18H,1-8,13-16H2;1H. The highest BCUT2D eigenvalue weighted by Gasteiger charge is 2.35. The summed E-state index contributed by atoms with van der Waals surface area (Å²) in [6.07, 6.45) is 9.02. The summed E-state index contributed by atoms with van der Waals surface area (Å²) in [7, 11) is 0. The van der Waals surface area contributed by atoms with Gasteiger partial charge in [-0.1, -0.05) is 12.1 Å². The van der Waals surface area contributed by atoms with E-state index in [1.54, 1.807) is 12.1 Å². The predicted octanol–water partition coefficient (Wildman–Crippen LogP) is 0.824. The van der Waals surface area contributed by atoms with Crippen molar-refractivity contribution in [3.63, 3.8) is 0 Å². The zero-order valence-electron chi connectivity index (χ0n) is 21.5. The Morgan fingerprint density at radius 3 is 2.34 bits per heavy atom. The number of hydrogen-bond donors (Lipinski definition) is 1. The molecular weight excluding hydrogens is 496 g/mol. The summed E-state index contributed by atoms with van der Waals surface area (Å²) in [5.41, 5.74) is 10.8. The summed E-state index contributed by atoms with van der Waals surface area (Å²) >= 11 is 0. The van der Waals surface area contributed by atoms with E-state index in [0.717, 1.165) is 81.8 Å². The molecule has 3 aromatic rings. The number of carboxylic acid groups (broad SMARTS) is 1. The van der Waals surface area contributed by atoms with Gasteiger partial charge in [0.15, 0.2) is 0 Å². The van der Waals surface area contributed by atoms with Crippen LogP contribution in [0.2, 0.25) is 0 Å². The molecule has 0 fully saturated rings. The lowest BCUT2D eigenvalue weighted by molar-refractivity contribution is -0.0000231. The van der Waals surface area contributed by atoms with Crippen molar-refractivity contribution in [2.75, 3.05) is 31.1 Å². The summed E-state index contributed by atoms with van der Waals surface area (Å²) in [6, 6.07) is 12.3. The third kappa shape index (κ3) is 3.37. The van der Waals surface area contributed by atoms with Crippen LogP contribution in [0.25, 0.3) is 5.57 Å². The SMILES string of the molecule is O=C(O)c1ccc(C2=c3cc4c5c(c3Oc3c2cc2c6c3CCCN6CCC2)CCC[N+]=5CCC4)cc1.[Cl-]. The van der Waals surface area contributed by atoms with Crippen molar-refractivity contribution in [3.8, 4) is 11.5 Å². The minimum atomic E-state index is -0.887. The molecule has 0 bridgehead atoms. The van der Waals surface area contributed by atoms with Crippen LogP contribution in [0.3, 0.4) is 0 Å². The summed E-state index contributed by atoms with van der Waals surface area (Å²) < 4.78 is 9.64. The van der Waals surface area contributed by atoms with Gasteiger partial charge < -0.3 is 27.2 Å². The fraction of sp³-hybridized carbons (Fsp3) is 0.375. The number of fused-ring (bicyclic) bond motifs is 4. The maximum absolute atomic E-state index is 11.6. The van der Waals surface area contributed by atoms with Gasteiger partial charge >= 0.3 is 5.97 Å². The number of halogens is 1. The van der Waals surface area contributed by atoms with E-state index < -0.39 is 5.97 Å². The highest BCUT2D eigenvalue weighted by atomic mass is 35.5. The van der Waals surface area contributed by atoms with Crippen molar-refractivity contribution in [3.05, 3.63) is 85.9 Å². The first-order valence-electron chi connectivity index (χ1n) is 13.9. The molecule has 5 heterocycles. The van der Waals surface area contributed by atoms with Crippen molar-refractivity contribution >= 4 is 17.2 Å². The molecule has 6 heteroatoms. The van der Waals surface area contributed by atoms with E-state index in [2.05, 4.69) is 21.6 Å². The maximum atomic E-state index is 11.6. The van der Waals surface area contributed by atoms with Crippen LogP contribution in [0.1, 0.15) is 69.4 Å². The van der Waals surface area contributed by atoms with Crippen molar-refractivity contribution in [1.29, 1.82) is 0 Å². The van der Waals surface area contributed by atoms with Crippen molar-refractivity contribution in [2.45, 2.75) is 51.4 Å². The van der Waals surface area contributed by atoms with Crippen LogP contribution in [0.4, 0.5) is 5.69 Å². The van der Waals surface area contributed by atoms with E-state index in [0.29, 0.717) is 5.56 Å². The molecule has 0 saturated heterocycles. The van der Waals surface area contributed by atoms with Crippen LogP contribution >= 0.6 is 0 Å². The number of aromatic carboxylic acids is 1. The molecule has 5 nitrogen and oxygen atoms in total. The van der Waals surface area contributed by atoms with E-state index >= 15 is 0 Å². The predicted molar refractivity (Wildman–Crippen MR) is 144 cm³/mol. The Morgan fingerprint density at radius 1 is 0.842 bits per heavy atom. The van der Waals surface area contributed by atoms with E-state index in [1.165, 1.54) is 62.5 Å². The molecule has 38 heavy (non-hydrogen) atoms. The molecule has 0 aliphatic carbocycles. The molecule has 0 spiro atoms. The van der Waals surface area contributed by atoms with Crippen molar-refractivity contribution in [1.82, 2.24) is 4.58 Å². The second-order valence-electron chi connectivity index (χ2n) is 11.2. The highest BCUT2D eigenvalue weighted by molar-refractivity contribution is 5.91. The lowest BCUT2D eigenvalue weighted by Gasteiger charge is -2.39. The quantitative estimate of drug-likeness (QED) is 0.393. The highest BCUT2D eigenvalue weighted by Crippen LogP contribution is 2.48. The molecule has 0 amide bonds. The Labute approximate surface area is 228 Å². The number of hydrogen-bond acceptors (Lipinski definition) is 3. The fourth-order valence-electron chi connectivity index (χ4n) is 7.60. The summed E-state index contributed by atoms with van der Waals surface area (Å²) in [4.78, 5) is 14.2. The first-order valence-corrected chi connectivity index (χ1v) is 13.9. The third-order valence-corrected chi connectivity index (χ3v) is 9.11. The molecular formula is C32H31ClN2O3. The molecule has 3 aromatic carbocycles. The van der Waals surface area contributed by atoms with Crippen LogP contribution in [-0.4, -0.2) is 37.3 Å². The van der Waals surface area contributed by atoms with Gasteiger partial charge in [0.25, 0.3) is 0 Å². The molecule has 8 rings (SSSR count). The maximum Gasteiger partial charge on any atom is 0.335 e. The van der Waals surface area contributed by atoms with E-state index in [-0.39, 0.29) is 12.4 Å². The Balaban J connectivity index is 0.00000242. The number of anilines is 1. The van der Waals surface area contributed by atoms with Gasteiger partial charge in [-0.2, -0.15) is 0 Å². The Morgan fingerprint density at radius 2 is 1.55 bits per heavy atom. The largest absolute Gasteiger partial charge is 1.00 e. The average Bonchev–Trinajstić information content (AvgIpc) is 2.93. The summed E-state index contributed by atoms with van der Waals surface area (Å²) in [5, 5.41) is 12.1. The van der Waals surface area contributed by atoms with Crippen LogP contribution < -0.4 is 37.2 Å². The van der Waals surface area contributed by atoms with Crippen molar-refractivity contribution in [2.24, 2.45) is 0 Å². The lowest BCUT2D eigenvalue weighted by Crippen LogP contribution is -3.00. The molecule has 0 radical (unpaired) electrons. The van der Waals surface area contributed by atoms with Crippen LogP contribution in [-0.2, 0) is 25.7 Å². The molecule has 5 aliphatic rings. The molecule has 1 N–H and O–H groups in total. The van der Waals surface area contributed by atoms with Gasteiger partial charge in [-0.25, -0.2) is 9.37 Å². The Kier molecular flexibility index (Phi) is 5.55. The monoisotopic (exact) mass is 526 g/mol. The molecule has 0 saturated carbocycles. The van der Waals surface area contributed by atoms with E-state index in [4.69, 9.17) is 4.74 Å². The summed E-state index contributed by atoms with van der Waals surface area (Å²) in [5.74, 6) is 1.19. The van der Waals surface area contributed by atoms with Gasteiger partial charge in [0.2, 0.25) is 5.36 Å². The second kappa shape index (κ2) is 8.88. The smallest absolute Gasteiger partial charge is 0.335 e. The molecule has 194 valence electrons. The zero-order chi connectivity index (χ0) is 24.7. The van der Waals surface area contributed by atoms with Gasteiger partial charge in [-0.05, 0) is 73.9 Å². The molecule has 0 unspecified atom stereocenters. The normalized spacial score (nSPS) is 18.4. The van der Waals surface area contributed by atoms with Crippen LogP contribution in [0, 0.1) is 0 Å². The molecule has 0 aromatic heterocycles. The number of carbonyl (C=O) groups is 1. The minimum absolute atomic E-state index is 0. The van der Waals surface area contributed by atoms with Crippen LogP contribution in [0.15, 0.2) is 36.4 Å². The number of nitrogens with zero attached hydrogens (tertiary/aromatic N) is 2. The average molecular weight is 527 g/mol. The number of aryl methyl sites for hydroxylation is 2. The molecule has 0 atom stereocenters. The summed E-state index contributed by atoms with van der Waals surface area (Å²) in [6.45, 7) is 4.54. The van der Waals surface area contributed by atoms with Gasteiger partial charge in [0.1, 0.15) is 24.6 Å². The van der Waals surface area contributed by atoms with Gasteiger partial charge in [0, 0.05) is 59.1 Å². The number of benzene rings is 3. The van der Waals surface area contributed by atoms with E-state index in [9.17, 15) is 9.90 Å².